The summed E-state index contributed by atoms with van der Waals surface area (Å²) in [5.74, 6) is 0. The summed E-state index contributed by atoms with van der Waals surface area (Å²) in [4.78, 5) is 10.3. The van der Waals surface area contributed by atoms with Gasteiger partial charge in [-0.25, -0.2) is 4.98 Å². The molecule has 5 heteroatoms. The molecule has 1 aromatic heterocycles. The normalized spacial score (nSPS) is 20.6. The quantitative estimate of drug-likeness (QED) is 0.886. The van der Waals surface area contributed by atoms with E-state index >= 15 is 0 Å². The first kappa shape index (κ1) is 13.8. The Morgan fingerprint density at radius 3 is 2.94 bits per heavy atom. The molecule has 0 aromatic carbocycles. The fourth-order valence-electron chi connectivity index (χ4n) is 2.64. The number of hydrogen-bond acceptors (Lipinski definition) is 5. The van der Waals surface area contributed by atoms with Gasteiger partial charge in [0.2, 0.25) is 0 Å². The SMILES string of the molecule is CCN1CCCC1CN(C)c1nc(C)c(CO)s1. The summed E-state index contributed by atoms with van der Waals surface area (Å²) >= 11 is 1.61. The Bertz CT molecular complexity index is 394. The second kappa shape index (κ2) is 5.99. The highest BCUT2D eigenvalue weighted by Crippen LogP contribution is 2.27. The molecule has 0 bridgehead atoms. The van der Waals surface area contributed by atoms with Crippen LogP contribution >= 0.6 is 11.3 Å². The van der Waals surface area contributed by atoms with E-state index in [0.717, 1.165) is 28.8 Å². The van der Waals surface area contributed by atoms with E-state index in [1.54, 1.807) is 11.3 Å². The van der Waals surface area contributed by atoms with Crippen molar-refractivity contribution in [3.8, 4) is 0 Å². The Kier molecular flexibility index (Phi) is 4.59. The number of aliphatic hydroxyl groups excluding tert-OH is 1. The Morgan fingerprint density at radius 1 is 1.56 bits per heavy atom. The van der Waals surface area contributed by atoms with Crippen LogP contribution in [0.4, 0.5) is 5.13 Å². The van der Waals surface area contributed by atoms with Crippen molar-refractivity contribution in [2.24, 2.45) is 0 Å². The van der Waals surface area contributed by atoms with Gasteiger partial charge >= 0.3 is 0 Å². The zero-order chi connectivity index (χ0) is 13.1. The van der Waals surface area contributed by atoms with Crippen LogP contribution in [0.15, 0.2) is 0 Å². The van der Waals surface area contributed by atoms with Crippen LogP contribution in [-0.4, -0.2) is 47.7 Å². The molecule has 0 amide bonds. The molecule has 1 fully saturated rings. The zero-order valence-electron chi connectivity index (χ0n) is 11.5. The van der Waals surface area contributed by atoms with Gasteiger partial charge in [-0.2, -0.15) is 0 Å². The monoisotopic (exact) mass is 269 g/mol. The van der Waals surface area contributed by atoms with Gasteiger partial charge in [0.1, 0.15) is 0 Å². The Balaban J connectivity index is 2.00. The molecule has 0 aliphatic carbocycles. The molecule has 0 saturated carbocycles. The zero-order valence-corrected chi connectivity index (χ0v) is 12.3. The fraction of sp³-hybridized carbons (Fsp3) is 0.769. The van der Waals surface area contributed by atoms with Crippen LogP contribution < -0.4 is 4.90 Å². The lowest BCUT2D eigenvalue weighted by molar-refractivity contribution is 0.270. The molecule has 1 aliphatic rings. The van der Waals surface area contributed by atoms with Crippen molar-refractivity contribution in [2.45, 2.75) is 39.3 Å². The molecule has 1 saturated heterocycles. The predicted octanol–water partition coefficient (Wildman–Crippen LogP) is 1.86. The van der Waals surface area contributed by atoms with E-state index < -0.39 is 0 Å². The molecule has 1 N–H and O–H groups in total. The molecule has 4 nitrogen and oxygen atoms in total. The predicted molar refractivity (Wildman–Crippen MR) is 76.3 cm³/mol. The molecular weight excluding hydrogens is 246 g/mol. The molecule has 0 radical (unpaired) electrons. The number of anilines is 1. The van der Waals surface area contributed by atoms with Crippen molar-refractivity contribution in [3.63, 3.8) is 0 Å². The molecular formula is C13H23N3OS. The summed E-state index contributed by atoms with van der Waals surface area (Å²) in [6, 6.07) is 0.654. The number of likely N-dealkylation sites (tertiary alicyclic amines) is 1. The van der Waals surface area contributed by atoms with Crippen molar-refractivity contribution in [1.29, 1.82) is 0 Å². The molecule has 1 aromatic rings. The van der Waals surface area contributed by atoms with Crippen LogP contribution in [0.3, 0.4) is 0 Å². The van der Waals surface area contributed by atoms with Crippen LogP contribution in [0.1, 0.15) is 30.3 Å². The third-order valence-corrected chi connectivity index (χ3v) is 5.00. The lowest BCUT2D eigenvalue weighted by Crippen LogP contribution is -2.38. The number of aliphatic hydroxyl groups is 1. The van der Waals surface area contributed by atoms with Gasteiger partial charge in [-0.15, -0.1) is 0 Å². The molecule has 102 valence electrons. The van der Waals surface area contributed by atoms with Gasteiger partial charge in [-0.05, 0) is 32.9 Å². The van der Waals surface area contributed by atoms with Crippen LogP contribution in [0.25, 0.3) is 0 Å². The second-order valence-corrected chi connectivity index (χ2v) is 6.03. The fourth-order valence-corrected chi connectivity index (χ4v) is 3.53. The minimum atomic E-state index is 0.0991. The second-order valence-electron chi connectivity index (χ2n) is 4.97. The molecule has 1 unspecified atom stereocenters. The van der Waals surface area contributed by atoms with Gasteiger partial charge < -0.3 is 10.0 Å². The minimum absolute atomic E-state index is 0.0991. The summed E-state index contributed by atoms with van der Waals surface area (Å²) < 4.78 is 0. The smallest absolute Gasteiger partial charge is 0.185 e. The third kappa shape index (κ3) is 2.84. The number of aromatic nitrogens is 1. The largest absolute Gasteiger partial charge is 0.391 e. The van der Waals surface area contributed by atoms with Gasteiger partial charge in [0, 0.05) is 19.6 Å². The van der Waals surface area contributed by atoms with Crippen LogP contribution in [0.5, 0.6) is 0 Å². The lowest BCUT2D eigenvalue weighted by Gasteiger charge is -2.27. The van der Waals surface area contributed by atoms with Gasteiger partial charge in [0.05, 0.1) is 17.2 Å². The van der Waals surface area contributed by atoms with Gasteiger partial charge in [0.25, 0.3) is 0 Å². The van der Waals surface area contributed by atoms with E-state index in [-0.39, 0.29) is 6.61 Å². The van der Waals surface area contributed by atoms with E-state index in [0.29, 0.717) is 6.04 Å². The Morgan fingerprint density at radius 2 is 2.33 bits per heavy atom. The topological polar surface area (TPSA) is 39.6 Å². The Labute approximate surface area is 113 Å². The van der Waals surface area contributed by atoms with Crippen molar-refractivity contribution >= 4 is 16.5 Å². The van der Waals surface area contributed by atoms with Crippen molar-refractivity contribution < 1.29 is 5.11 Å². The highest BCUT2D eigenvalue weighted by Gasteiger charge is 2.25. The average Bonchev–Trinajstić information content (AvgIpc) is 2.95. The molecule has 2 rings (SSSR count). The minimum Gasteiger partial charge on any atom is -0.391 e. The van der Waals surface area contributed by atoms with Gasteiger partial charge in [-0.3, -0.25) is 4.90 Å². The maximum atomic E-state index is 9.22. The number of nitrogens with zero attached hydrogens (tertiary/aromatic N) is 3. The number of hydrogen-bond donors (Lipinski definition) is 1. The summed E-state index contributed by atoms with van der Waals surface area (Å²) in [5.41, 5.74) is 0.961. The first-order valence-corrected chi connectivity index (χ1v) is 7.49. The number of rotatable bonds is 5. The first-order chi connectivity index (χ1) is 8.65. The first-order valence-electron chi connectivity index (χ1n) is 6.68. The maximum absolute atomic E-state index is 9.22. The standard InChI is InChI=1S/C13H23N3OS/c1-4-16-7-5-6-11(16)8-15(3)13-14-10(2)12(9-17)18-13/h11,17H,4-9H2,1-3H3. The number of aryl methyl sites for hydroxylation is 1. The Hall–Kier alpha value is -0.650. The highest BCUT2D eigenvalue weighted by atomic mass is 32.1. The van der Waals surface area contributed by atoms with E-state index in [1.165, 1.54) is 19.4 Å². The molecule has 0 spiro atoms. The van der Waals surface area contributed by atoms with Crippen LogP contribution in [0, 0.1) is 6.92 Å². The summed E-state index contributed by atoms with van der Waals surface area (Å²) in [6.07, 6.45) is 2.60. The van der Waals surface area contributed by atoms with Gasteiger partial charge in [0.15, 0.2) is 5.13 Å². The van der Waals surface area contributed by atoms with E-state index in [2.05, 4.69) is 28.8 Å². The van der Waals surface area contributed by atoms with E-state index in [1.807, 2.05) is 6.92 Å². The third-order valence-electron chi connectivity index (χ3n) is 3.74. The lowest BCUT2D eigenvalue weighted by atomic mass is 10.2. The summed E-state index contributed by atoms with van der Waals surface area (Å²) in [7, 11) is 2.10. The van der Waals surface area contributed by atoms with Crippen LogP contribution in [-0.2, 0) is 6.61 Å². The van der Waals surface area contributed by atoms with Crippen molar-refractivity contribution in [3.05, 3.63) is 10.6 Å². The van der Waals surface area contributed by atoms with E-state index in [9.17, 15) is 5.11 Å². The van der Waals surface area contributed by atoms with Gasteiger partial charge in [-0.1, -0.05) is 18.3 Å². The average molecular weight is 269 g/mol. The summed E-state index contributed by atoms with van der Waals surface area (Å²) in [6.45, 7) is 7.70. The molecule has 2 heterocycles. The molecule has 1 atom stereocenters. The van der Waals surface area contributed by atoms with Crippen molar-refractivity contribution in [1.82, 2.24) is 9.88 Å². The van der Waals surface area contributed by atoms with Crippen LogP contribution in [0.2, 0.25) is 0 Å². The molecule has 18 heavy (non-hydrogen) atoms. The molecule has 1 aliphatic heterocycles. The highest BCUT2D eigenvalue weighted by molar-refractivity contribution is 7.15. The van der Waals surface area contributed by atoms with E-state index in [4.69, 9.17) is 0 Å². The number of thiazole rings is 1. The van der Waals surface area contributed by atoms with Crippen molar-refractivity contribution in [2.75, 3.05) is 31.6 Å². The maximum Gasteiger partial charge on any atom is 0.185 e. The summed E-state index contributed by atoms with van der Waals surface area (Å²) in [5, 5.41) is 10.2. The number of likely N-dealkylation sites (N-methyl/N-ethyl adjacent to an activating group) is 2.